The molecule has 3 N–H and O–H groups in total. The van der Waals surface area contributed by atoms with Crippen molar-refractivity contribution in [3.05, 3.63) is 131 Å². The molecule has 3 amide bonds. The number of ether oxygens (including phenoxy) is 1. The van der Waals surface area contributed by atoms with Gasteiger partial charge < -0.3 is 10.1 Å². The summed E-state index contributed by atoms with van der Waals surface area (Å²) in [5.41, 5.74) is 7.74. The third kappa shape index (κ3) is 6.80. The maximum Gasteiger partial charge on any atom is 0.269 e. The molecule has 0 saturated heterocycles. The van der Waals surface area contributed by atoms with Crippen LogP contribution in [-0.2, 0) is 6.42 Å². The van der Waals surface area contributed by atoms with Crippen LogP contribution in [0.1, 0.15) is 36.6 Å². The van der Waals surface area contributed by atoms with E-state index in [1.807, 2.05) is 36.4 Å². The molecule has 0 radical (unpaired) electrons. The number of hydrazine groups is 1. The summed E-state index contributed by atoms with van der Waals surface area (Å²) in [4.78, 5) is 37.2. The highest BCUT2D eigenvalue weighted by Gasteiger charge is 2.11. The molecule has 0 aromatic heterocycles. The molecular formula is C29H25N3O4. The summed E-state index contributed by atoms with van der Waals surface area (Å²) in [6, 6.07) is 31.9. The van der Waals surface area contributed by atoms with Crippen molar-refractivity contribution in [3.8, 4) is 5.75 Å². The maximum atomic E-state index is 12.5. The van der Waals surface area contributed by atoms with E-state index in [0.29, 0.717) is 34.7 Å². The zero-order valence-corrected chi connectivity index (χ0v) is 19.4. The SMILES string of the molecule is O=C(NNC(=O)c1cccc(OCCc2ccccc2)c1)c1ccc(NC(=O)c2ccccc2)cc1. The molecule has 0 saturated carbocycles. The highest BCUT2D eigenvalue weighted by atomic mass is 16.5. The zero-order valence-electron chi connectivity index (χ0n) is 19.4. The molecule has 0 spiro atoms. The third-order valence-corrected chi connectivity index (χ3v) is 5.33. The molecule has 0 fully saturated rings. The van der Waals surface area contributed by atoms with Crippen LogP contribution in [0, 0.1) is 0 Å². The predicted octanol–water partition coefficient (Wildman–Crippen LogP) is 4.64. The fourth-order valence-corrected chi connectivity index (χ4v) is 3.41. The fourth-order valence-electron chi connectivity index (χ4n) is 3.41. The lowest BCUT2D eigenvalue weighted by atomic mass is 10.1. The molecule has 4 aromatic carbocycles. The first-order valence-electron chi connectivity index (χ1n) is 11.4. The van der Waals surface area contributed by atoms with Crippen LogP contribution in [0.4, 0.5) is 5.69 Å². The Morgan fingerprint density at radius 2 is 1.17 bits per heavy atom. The molecule has 0 unspecified atom stereocenters. The molecule has 0 heterocycles. The lowest BCUT2D eigenvalue weighted by molar-refractivity contribution is 0.0846. The summed E-state index contributed by atoms with van der Waals surface area (Å²) in [5.74, 6) is -0.632. The van der Waals surface area contributed by atoms with Gasteiger partial charge in [0.15, 0.2) is 0 Å². The highest BCUT2D eigenvalue weighted by Crippen LogP contribution is 2.14. The molecule has 0 aliphatic rings. The number of nitrogens with one attached hydrogen (secondary N) is 3. The molecule has 4 aromatic rings. The first-order valence-corrected chi connectivity index (χ1v) is 11.4. The predicted molar refractivity (Wildman–Crippen MR) is 138 cm³/mol. The standard InChI is InChI=1S/C29H25N3O4/c33-27(22-10-5-2-6-11-22)30-25-16-14-23(15-17-25)28(34)31-32-29(35)24-12-7-13-26(20-24)36-19-18-21-8-3-1-4-9-21/h1-17,20H,18-19H2,(H,30,33)(H,31,34)(H,32,35). The molecule has 4 rings (SSSR count). The average Bonchev–Trinajstić information content (AvgIpc) is 2.93. The van der Waals surface area contributed by atoms with Crippen molar-refractivity contribution in [2.75, 3.05) is 11.9 Å². The van der Waals surface area contributed by atoms with Gasteiger partial charge >= 0.3 is 0 Å². The fraction of sp³-hybridized carbons (Fsp3) is 0.0690. The van der Waals surface area contributed by atoms with Crippen molar-refractivity contribution >= 4 is 23.4 Å². The van der Waals surface area contributed by atoms with Gasteiger partial charge in [0.25, 0.3) is 17.7 Å². The van der Waals surface area contributed by atoms with E-state index >= 15 is 0 Å². The van der Waals surface area contributed by atoms with Crippen LogP contribution >= 0.6 is 0 Å². The minimum Gasteiger partial charge on any atom is -0.493 e. The van der Waals surface area contributed by atoms with Crippen molar-refractivity contribution < 1.29 is 19.1 Å². The van der Waals surface area contributed by atoms with Crippen molar-refractivity contribution in [2.45, 2.75) is 6.42 Å². The van der Waals surface area contributed by atoms with E-state index in [-0.39, 0.29) is 5.91 Å². The van der Waals surface area contributed by atoms with Crippen LogP contribution in [0.2, 0.25) is 0 Å². The number of carbonyl (C=O) groups is 3. The van der Waals surface area contributed by atoms with Gasteiger partial charge in [0.2, 0.25) is 0 Å². The Morgan fingerprint density at radius 3 is 1.86 bits per heavy atom. The van der Waals surface area contributed by atoms with Gasteiger partial charge in [0.1, 0.15) is 5.75 Å². The monoisotopic (exact) mass is 479 g/mol. The van der Waals surface area contributed by atoms with Crippen LogP contribution in [0.15, 0.2) is 109 Å². The summed E-state index contributed by atoms with van der Waals surface area (Å²) in [7, 11) is 0. The first-order chi connectivity index (χ1) is 17.6. The van der Waals surface area contributed by atoms with Crippen molar-refractivity contribution in [2.24, 2.45) is 0 Å². The maximum absolute atomic E-state index is 12.5. The summed E-state index contributed by atoms with van der Waals surface area (Å²) in [5, 5.41) is 2.77. The van der Waals surface area contributed by atoms with Gasteiger partial charge in [0.05, 0.1) is 6.61 Å². The number of rotatable bonds is 8. The first kappa shape index (κ1) is 24.2. The molecule has 180 valence electrons. The number of carbonyl (C=O) groups excluding carboxylic acids is 3. The van der Waals surface area contributed by atoms with Crippen molar-refractivity contribution in [1.29, 1.82) is 0 Å². The van der Waals surface area contributed by atoms with Gasteiger partial charge in [-0.05, 0) is 60.2 Å². The number of hydrogen-bond acceptors (Lipinski definition) is 4. The molecule has 7 nitrogen and oxygen atoms in total. The molecule has 0 aliphatic heterocycles. The molecule has 7 heteroatoms. The van der Waals surface area contributed by atoms with E-state index in [2.05, 4.69) is 16.2 Å². The Hall–Kier alpha value is -4.91. The molecule has 0 aliphatic carbocycles. The lowest BCUT2D eigenvalue weighted by Crippen LogP contribution is -2.41. The summed E-state index contributed by atoms with van der Waals surface area (Å²) in [6.07, 6.45) is 0.752. The van der Waals surface area contributed by atoms with Crippen molar-refractivity contribution in [3.63, 3.8) is 0 Å². The lowest BCUT2D eigenvalue weighted by Gasteiger charge is -2.10. The summed E-state index contributed by atoms with van der Waals surface area (Å²) >= 11 is 0. The summed E-state index contributed by atoms with van der Waals surface area (Å²) < 4.78 is 5.77. The Balaban J connectivity index is 1.26. The summed E-state index contributed by atoms with van der Waals surface area (Å²) in [6.45, 7) is 0.480. The number of hydrogen-bond donors (Lipinski definition) is 3. The number of anilines is 1. The number of benzene rings is 4. The molecule has 0 bridgehead atoms. The third-order valence-electron chi connectivity index (χ3n) is 5.33. The van der Waals surface area contributed by atoms with E-state index in [1.54, 1.807) is 72.8 Å². The highest BCUT2D eigenvalue weighted by molar-refractivity contribution is 6.04. The van der Waals surface area contributed by atoms with E-state index in [0.717, 1.165) is 6.42 Å². The van der Waals surface area contributed by atoms with E-state index in [4.69, 9.17) is 4.74 Å². The Bertz CT molecular complexity index is 1320. The van der Waals surface area contributed by atoms with Crippen LogP contribution in [-0.4, -0.2) is 24.3 Å². The van der Waals surface area contributed by atoms with Crippen LogP contribution < -0.4 is 20.9 Å². The topological polar surface area (TPSA) is 96.5 Å². The largest absolute Gasteiger partial charge is 0.493 e. The average molecular weight is 480 g/mol. The Kier molecular flexibility index (Phi) is 8.07. The number of amides is 3. The minimum atomic E-state index is -0.487. The van der Waals surface area contributed by atoms with Crippen LogP contribution in [0.3, 0.4) is 0 Å². The Labute approximate surface area is 209 Å². The smallest absolute Gasteiger partial charge is 0.269 e. The van der Waals surface area contributed by atoms with Gasteiger partial charge in [-0.15, -0.1) is 0 Å². The molecule has 0 atom stereocenters. The van der Waals surface area contributed by atoms with Gasteiger partial charge in [-0.1, -0.05) is 54.6 Å². The molecule has 36 heavy (non-hydrogen) atoms. The second-order valence-electron chi connectivity index (χ2n) is 7.92. The van der Waals surface area contributed by atoms with Crippen LogP contribution in [0.25, 0.3) is 0 Å². The van der Waals surface area contributed by atoms with E-state index in [9.17, 15) is 14.4 Å². The van der Waals surface area contributed by atoms with Gasteiger partial charge in [-0.25, -0.2) is 0 Å². The van der Waals surface area contributed by atoms with E-state index < -0.39 is 11.8 Å². The van der Waals surface area contributed by atoms with Crippen LogP contribution in [0.5, 0.6) is 5.75 Å². The van der Waals surface area contributed by atoms with Crippen molar-refractivity contribution in [1.82, 2.24) is 10.9 Å². The van der Waals surface area contributed by atoms with Gasteiger partial charge in [-0.2, -0.15) is 0 Å². The normalized spacial score (nSPS) is 10.2. The van der Waals surface area contributed by atoms with Gasteiger partial charge in [-0.3, -0.25) is 25.2 Å². The minimum absolute atomic E-state index is 0.244. The van der Waals surface area contributed by atoms with E-state index in [1.165, 1.54) is 5.56 Å². The second-order valence-corrected chi connectivity index (χ2v) is 7.92. The molecular weight excluding hydrogens is 454 g/mol. The Morgan fingerprint density at radius 1 is 0.583 bits per heavy atom. The van der Waals surface area contributed by atoms with Gasteiger partial charge in [0, 0.05) is 28.8 Å². The zero-order chi connectivity index (χ0) is 25.2. The second kappa shape index (κ2) is 12.0. The quantitative estimate of drug-likeness (QED) is 0.321.